The van der Waals surface area contributed by atoms with E-state index < -0.39 is 5.60 Å². The predicted octanol–water partition coefficient (Wildman–Crippen LogP) is 2.75. The lowest BCUT2D eigenvalue weighted by atomic mass is 10.2. The molecule has 0 saturated carbocycles. The van der Waals surface area contributed by atoms with Crippen molar-refractivity contribution < 1.29 is 14.3 Å². The smallest absolute Gasteiger partial charge is 0.410 e. The number of likely N-dealkylation sites (N-methyl/N-ethyl adjacent to an activating group) is 1. The molecule has 1 heterocycles. The van der Waals surface area contributed by atoms with E-state index in [0.29, 0.717) is 13.2 Å². The fourth-order valence-corrected chi connectivity index (χ4v) is 2.60. The Morgan fingerprint density at radius 2 is 2.04 bits per heavy atom. The SMILES string of the molecule is CN(CC1CN(Cc2ccccc2)CCO1)C(=O)OC(C)(C)C. The molecule has 5 heteroatoms. The van der Waals surface area contributed by atoms with Crippen LogP contribution in [0.5, 0.6) is 0 Å². The Bertz CT molecular complexity index is 499. The number of amides is 1. The van der Waals surface area contributed by atoms with Crippen molar-refractivity contribution in [2.45, 2.75) is 39.0 Å². The highest BCUT2D eigenvalue weighted by molar-refractivity contribution is 5.67. The zero-order valence-electron chi connectivity index (χ0n) is 14.6. The average molecular weight is 320 g/mol. The fourth-order valence-electron chi connectivity index (χ4n) is 2.60. The second-order valence-corrected chi connectivity index (χ2v) is 7.07. The maximum absolute atomic E-state index is 12.0. The lowest BCUT2D eigenvalue weighted by Crippen LogP contribution is -2.48. The van der Waals surface area contributed by atoms with Gasteiger partial charge in [0.1, 0.15) is 5.60 Å². The second kappa shape index (κ2) is 7.79. The van der Waals surface area contributed by atoms with Gasteiger partial charge in [-0.3, -0.25) is 4.90 Å². The molecule has 23 heavy (non-hydrogen) atoms. The molecule has 1 aromatic rings. The van der Waals surface area contributed by atoms with Crippen LogP contribution in [0, 0.1) is 0 Å². The summed E-state index contributed by atoms with van der Waals surface area (Å²) in [7, 11) is 1.76. The van der Waals surface area contributed by atoms with Crippen molar-refractivity contribution in [3.63, 3.8) is 0 Å². The van der Waals surface area contributed by atoms with Gasteiger partial charge in [-0.25, -0.2) is 4.79 Å². The Morgan fingerprint density at radius 1 is 1.35 bits per heavy atom. The maximum atomic E-state index is 12.0. The van der Waals surface area contributed by atoms with Crippen LogP contribution >= 0.6 is 0 Å². The molecule has 1 aliphatic heterocycles. The zero-order chi connectivity index (χ0) is 16.9. The van der Waals surface area contributed by atoms with Crippen molar-refractivity contribution in [3.05, 3.63) is 35.9 Å². The number of benzene rings is 1. The summed E-state index contributed by atoms with van der Waals surface area (Å²) in [5.74, 6) is 0. The van der Waals surface area contributed by atoms with E-state index in [1.165, 1.54) is 5.56 Å². The summed E-state index contributed by atoms with van der Waals surface area (Å²) >= 11 is 0. The Labute approximate surface area is 139 Å². The van der Waals surface area contributed by atoms with Gasteiger partial charge >= 0.3 is 6.09 Å². The van der Waals surface area contributed by atoms with E-state index in [-0.39, 0.29) is 12.2 Å². The summed E-state index contributed by atoms with van der Waals surface area (Å²) in [6, 6.07) is 10.4. The number of hydrogen-bond donors (Lipinski definition) is 0. The van der Waals surface area contributed by atoms with E-state index in [1.54, 1.807) is 11.9 Å². The summed E-state index contributed by atoms with van der Waals surface area (Å²) in [6.45, 7) is 9.51. The lowest BCUT2D eigenvalue weighted by Gasteiger charge is -2.35. The summed E-state index contributed by atoms with van der Waals surface area (Å²) < 4.78 is 11.2. The van der Waals surface area contributed by atoms with Crippen molar-refractivity contribution in [1.82, 2.24) is 9.80 Å². The summed E-state index contributed by atoms with van der Waals surface area (Å²) in [4.78, 5) is 16.0. The number of carbonyl (C=O) groups is 1. The normalized spacial score (nSPS) is 19.4. The van der Waals surface area contributed by atoms with Crippen LogP contribution in [0.3, 0.4) is 0 Å². The van der Waals surface area contributed by atoms with Gasteiger partial charge in [0.25, 0.3) is 0 Å². The van der Waals surface area contributed by atoms with Gasteiger partial charge in [-0.1, -0.05) is 30.3 Å². The number of rotatable bonds is 4. The molecule has 0 bridgehead atoms. The molecule has 5 nitrogen and oxygen atoms in total. The first-order valence-corrected chi connectivity index (χ1v) is 8.15. The van der Waals surface area contributed by atoms with Gasteiger partial charge in [0.15, 0.2) is 0 Å². The average Bonchev–Trinajstić information content (AvgIpc) is 2.47. The predicted molar refractivity (Wildman–Crippen MR) is 90.3 cm³/mol. The first kappa shape index (κ1) is 17.8. The standard InChI is InChI=1S/C18H28N2O3/c1-18(2,3)23-17(21)19(4)13-16-14-20(10-11-22-16)12-15-8-6-5-7-9-15/h5-9,16H,10-14H2,1-4H3. The van der Waals surface area contributed by atoms with Crippen LogP contribution in [0.2, 0.25) is 0 Å². The van der Waals surface area contributed by atoms with Gasteiger partial charge in [0, 0.05) is 26.7 Å². The van der Waals surface area contributed by atoms with Crippen LogP contribution in [0.15, 0.2) is 30.3 Å². The molecule has 1 fully saturated rings. The summed E-state index contributed by atoms with van der Waals surface area (Å²) in [5.41, 5.74) is 0.826. The highest BCUT2D eigenvalue weighted by atomic mass is 16.6. The molecule has 1 aromatic carbocycles. The molecule has 0 N–H and O–H groups in total. The highest BCUT2D eigenvalue weighted by Crippen LogP contribution is 2.13. The number of morpholine rings is 1. The zero-order valence-corrected chi connectivity index (χ0v) is 14.6. The van der Waals surface area contributed by atoms with E-state index in [0.717, 1.165) is 19.6 Å². The molecule has 0 radical (unpaired) electrons. The minimum atomic E-state index is -0.474. The Balaban J connectivity index is 1.82. The van der Waals surface area contributed by atoms with E-state index in [2.05, 4.69) is 29.2 Å². The van der Waals surface area contributed by atoms with Crippen LogP contribution < -0.4 is 0 Å². The summed E-state index contributed by atoms with van der Waals surface area (Å²) in [5, 5.41) is 0. The fraction of sp³-hybridized carbons (Fsp3) is 0.611. The quantitative estimate of drug-likeness (QED) is 0.855. The maximum Gasteiger partial charge on any atom is 0.410 e. The number of ether oxygens (including phenoxy) is 2. The van der Waals surface area contributed by atoms with Crippen LogP contribution in [0.25, 0.3) is 0 Å². The second-order valence-electron chi connectivity index (χ2n) is 7.07. The molecule has 128 valence electrons. The van der Waals surface area contributed by atoms with Crippen molar-refractivity contribution in [1.29, 1.82) is 0 Å². The van der Waals surface area contributed by atoms with Crippen LogP contribution in [0.4, 0.5) is 4.79 Å². The number of nitrogens with zero attached hydrogens (tertiary/aromatic N) is 2. The number of carbonyl (C=O) groups excluding carboxylic acids is 1. The first-order valence-electron chi connectivity index (χ1n) is 8.15. The van der Waals surface area contributed by atoms with E-state index in [4.69, 9.17) is 9.47 Å². The summed E-state index contributed by atoms with van der Waals surface area (Å²) in [6.07, 6.45) is -0.286. The lowest BCUT2D eigenvalue weighted by molar-refractivity contribution is -0.0467. The molecule has 1 atom stereocenters. The largest absolute Gasteiger partial charge is 0.444 e. The van der Waals surface area contributed by atoms with Crippen LogP contribution in [0.1, 0.15) is 26.3 Å². The minimum absolute atomic E-state index is 0.0185. The molecule has 0 aliphatic carbocycles. The van der Waals surface area contributed by atoms with Gasteiger partial charge in [-0.05, 0) is 26.3 Å². The van der Waals surface area contributed by atoms with Crippen LogP contribution in [-0.2, 0) is 16.0 Å². The van der Waals surface area contributed by atoms with Crippen molar-refractivity contribution in [3.8, 4) is 0 Å². The van der Waals surface area contributed by atoms with Gasteiger partial charge in [0.2, 0.25) is 0 Å². The van der Waals surface area contributed by atoms with Gasteiger partial charge < -0.3 is 14.4 Å². The topological polar surface area (TPSA) is 42.0 Å². The molecule has 0 spiro atoms. The Morgan fingerprint density at radius 3 is 2.70 bits per heavy atom. The molecule has 1 aliphatic rings. The third-order valence-corrected chi connectivity index (χ3v) is 3.65. The van der Waals surface area contributed by atoms with Gasteiger partial charge in [-0.2, -0.15) is 0 Å². The Hall–Kier alpha value is -1.59. The molecular weight excluding hydrogens is 292 g/mol. The van der Waals surface area contributed by atoms with E-state index >= 15 is 0 Å². The molecule has 1 amide bonds. The van der Waals surface area contributed by atoms with Crippen molar-refractivity contribution in [2.75, 3.05) is 33.3 Å². The third-order valence-electron chi connectivity index (χ3n) is 3.65. The molecule has 1 unspecified atom stereocenters. The van der Waals surface area contributed by atoms with Crippen molar-refractivity contribution >= 4 is 6.09 Å². The first-order chi connectivity index (χ1) is 10.8. The molecular formula is C18H28N2O3. The number of hydrogen-bond acceptors (Lipinski definition) is 4. The van der Waals surface area contributed by atoms with Gasteiger partial charge in [0.05, 0.1) is 19.3 Å². The third kappa shape index (κ3) is 6.20. The highest BCUT2D eigenvalue weighted by Gasteiger charge is 2.25. The molecule has 0 aromatic heterocycles. The Kier molecular flexibility index (Phi) is 6.02. The van der Waals surface area contributed by atoms with E-state index in [1.807, 2.05) is 26.8 Å². The monoisotopic (exact) mass is 320 g/mol. The van der Waals surface area contributed by atoms with Crippen LogP contribution in [-0.4, -0.2) is 60.9 Å². The molecule has 1 saturated heterocycles. The van der Waals surface area contributed by atoms with Gasteiger partial charge in [-0.15, -0.1) is 0 Å². The van der Waals surface area contributed by atoms with E-state index in [9.17, 15) is 4.79 Å². The molecule has 2 rings (SSSR count). The minimum Gasteiger partial charge on any atom is -0.444 e. The van der Waals surface area contributed by atoms with Crippen molar-refractivity contribution in [2.24, 2.45) is 0 Å².